The Morgan fingerprint density at radius 1 is 1.00 bits per heavy atom. The fourth-order valence-electron chi connectivity index (χ4n) is 1.75. The van der Waals surface area contributed by atoms with Crippen LogP contribution in [0.5, 0.6) is 5.75 Å². The molecule has 0 aliphatic rings. The highest BCUT2D eigenvalue weighted by Gasteiger charge is 2.00. The van der Waals surface area contributed by atoms with Gasteiger partial charge in [0.25, 0.3) is 0 Å². The molecule has 0 radical (unpaired) electrons. The minimum atomic E-state index is 0.233. The second-order valence-electron chi connectivity index (χ2n) is 4.06. The summed E-state index contributed by atoms with van der Waals surface area (Å²) in [5.74, 6) is 0.806. The van der Waals surface area contributed by atoms with Crippen molar-refractivity contribution in [3.63, 3.8) is 0 Å². The normalized spacial score (nSPS) is 10.5. The number of para-hydroxylation sites is 1. The van der Waals surface area contributed by atoms with Crippen LogP contribution in [-0.2, 0) is 6.61 Å². The minimum absolute atomic E-state index is 0.233. The molecule has 0 saturated carbocycles. The Balaban J connectivity index is 1.76. The molecule has 2 N–H and O–H groups in total. The van der Waals surface area contributed by atoms with Crippen molar-refractivity contribution < 1.29 is 4.74 Å². The highest BCUT2D eigenvalue weighted by atomic mass is 16.5. The van der Waals surface area contributed by atoms with Crippen LogP contribution in [0.1, 0.15) is 5.69 Å². The Bertz CT molecular complexity index is 697. The van der Waals surface area contributed by atoms with E-state index in [1.807, 2.05) is 36.4 Å². The summed E-state index contributed by atoms with van der Waals surface area (Å²) in [5.41, 5.74) is 7.22. The SMILES string of the molecule is Nc1ncc(OCc2ccc3ccccc3n2)cn1. The van der Waals surface area contributed by atoms with E-state index in [0.29, 0.717) is 12.4 Å². The number of benzene rings is 1. The van der Waals surface area contributed by atoms with Crippen molar-refractivity contribution in [1.82, 2.24) is 15.0 Å². The molecule has 0 fully saturated rings. The first-order valence-electron chi connectivity index (χ1n) is 5.86. The molecular weight excluding hydrogens is 240 g/mol. The number of anilines is 1. The van der Waals surface area contributed by atoms with Crippen LogP contribution < -0.4 is 10.5 Å². The highest BCUT2D eigenvalue weighted by Crippen LogP contribution is 2.14. The van der Waals surface area contributed by atoms with Crippen molar-refractivity contribution in [2.75, 3.05) is 5.73 Å². The molecule has 1 aromatic carbocycles. The second-order valence-corrected chi connectivity index (χ2v) is 4.06. The monoisotopic (exact) mass is 252 g/mol. The Labute approximate surface area is 110 Å². The molecule has 2 heterocycles. The third kappa shape index (κ3) is 2.60. The summed E-state index contributed by atoms with van der Waals surface area (Å²) in [5, 5.41) is 1.11. The van der Waals surface area contributed by atoms with Gasteiger partial charge in [0.2, 0.25) is 5.95 Å². The summed E-state index contributed by atoms with van der Waals surface area (Å²) in [6.07, 6.45) is 3.09. The second kappa shape index (κ2) is 4.89. The molecule has 3 rings (SSSR count). The van der Waals surface area contributed by atoms with E-state index in [1.165, 1.54) is 0 Å². The molecule has 0 aliphatic carbocycles. The maximum atomic E-state index is 5.55. The zero-order chi connectivity index (χ0) is 13.1. The first-order valence-corrected chi connectivity index (χ1v) is 5.86. The van der Waals surface area contributed by atoms with Crippen molar-refractivity contribution in [3.05, 3.63) is 54.5 Å². The number of pyridine rings is 1. The van der Waals surface area contributed by atoms with Crippen LogP contribution in [0.3, 0.4) is 0 Å². The van der Waals surface area contributed by atoms with Crippen molar-refractivity contribution >= 4 is 16.9 Å². The number of fused-ring (bicyclic) bond motifs is 1. The molecule has 19 heavy (non-hydrogen) atoms. The summed E-state index contributed by atoms with van der Waals surface area (Å²) in [4.78, 5) is 12.2. The van der Waals surface area contributed by atoms with Crippen LogP contribution >= 0.6 is 0 Å². The maximum Gasteiger partial charge on any atom is 0.220 e. The Morgan fingerprint density at radius 2 is 1.79 bits per heavy atom. The van der Waals surface area contributed by atoms with E-state index in [9.17, 15) is 0 Å². The summed E-state index contributed by atoms with van der Waals surface area (Å²) < 4.78 is 5.55. The van der Waals surface area contributed by atoms with E-state index in [4.69, 9.17) is 10.5 Å². The number of ether oxygens (including phenoxy) is 1. The van der Waals surface area contributed by atoms with Crippen LogP contribution in [-0.4, -0.2) is 15.0 Å². The first-order chi connectivity index (χ1) is 9.31. The molecule has 0 amide bonds. The molecule has 5 nitrogen and oxygen atoms in total. The molecule has 0 bridgehead atoms. The molecule has 3 aromatic rings. The van der Waals surface area contributed by atoms with Gasteiger partial charge in [-0.2, -0.15) is 0 Å². The van der Waals surface area contributed by atoms with Gasteiger partial charge in [-0.3, -0.25) is 0 Å². The zero-order valence-electron chi connectivity index (χ0n) is 10.2. The van der Waals surface area contributed by atoms with E-state index in [2.05, 4.69) is 15.0 Å². The Morgan fingerprint density at radius 3 is 2.63 bits per heavy atom. The van der Waals surface area contributed by atoms with Gasteiger partial charge in [0.1, 0.15) is 6.61 Å². The van der Waals surface area contributed by atoms with Gasteiger partial charge in [-0.1, -0.05) is 24.3 Å². The van der Waals surface area contributed by atoms with Gasteiger partial charge in [-0.25, -0.2) is 15.0 Å². The lowest BCUT2D eigenvalue weighted by molar-refractivity contribution is 0.299. The number of rotatable bonds is 3. The molecule has 5 heteroatoms. The van der Waals surface area contributed by atoms with Gasteiger partial charge in [0.15, 0.2) is 5.75 Å². The van der Waals surface area contributed by atoms with E-state index < -0.39 is 0 Å². The third-order valence-corrected chi connectivity index (χ3v) is 2.69. The topological polar surface area (TPSA) is 73.9 Å². The van der Waals surface area contributed by atoms with Crippen LogP contribution in [0.2, 0.25) is 0 Å². The van der Waals surface area contributed by atoms with Gasteiger partial charge in [-0.05, 0) is 12.1 Å². The molecular formula is C14H12N4O. The van der Waals surface area contributed by atoms with E-state index in [0.717, 1.165) is 16.6 Å². The van der Waals surface area contributed by atoms with Crippen LogP contribution in [0.4, 0.5) is 5.95 Å². The van der Waals surface area contributed by atoms with Gasteiger partial charge in [0, 0.05) is 5.39 Å². The fraction of sp³-hybridized carbons (Fsp3) is 0.0714. The lowest BCUT2D eigenvalue weighted by Crippen LogP contribution is -2.00. The molecule has 0 aliphatic heterocycles. The first kappa shape index (κ1) is 11.4. The summed E-state index contributed by atoms with van der Waals surface area (Å²) in [7, 11) is 0. The van der Waals surface area contributed by atoms with Crippen LogP contribution in [0.15, 0.2) is 48.8 Å². The standard InChI is InChI=1S/C14H12N4O/c15-14-16-7-12(8-17-14)19-9-11-6-5-10-3-1-2-4-13(10)18-11/h1-8H,9H2,(H2,15,16,17). The van der Waals surface area contributed by atoms with E-state index in [-0.39, 0.29) is 5.95 Å². The predicted octanol–water partition coefficient (Wildman–Crippen LogP) is 2.19. The molecule has 0 unspecified atom stereocenters. The largest absolute Gasteiger partial charge is 0.484 e. The molecule has 2 aromatic heterocycles. The van der Waals surface area contributed by atoms with E-state index >= 15 is 0 Å². The van der Waals surface area contributed by atoms with Crippen molar-refractivity contribution in [3.8, 4) is 5.75 Å². The summed E-state index contributed by atoms with van der Waals surface area (Å²) >= 11 is 0. The minimum Gasteiger partial charge on any atom is -0.484 e. The average Bonchev–Trinajstić information content (AvgIpc) is 2.46. The smallest absolute Gasteiger partial charge is 0.220 e. The lowest BCUT2D eigenvalue weighted by Gasteiger charge is -2.06. The quantitative estimate of drug-likeness (QED) is 0.773. The predicted molar refractivity (Wildman–Crippen MR) is 72.5 cm³/mol. The van der Waals surface area contributed by atoms with Crippen molar-refractivity contribution in [2.24, 2.45) is 0 Å². The number of nitrogens with two attached hydrogens (primary N) is 1. The van der Waals surface area contributed by atoms with Gasteiger partial charge < -0.3 is 10.5 Å². The maximum absolute atomic E-state index is 5.55. The van der Waals surface area contributed by atoms with E-state index in [1.54, 1.807) is 12.4 Å². The zero-order valence-corrected chi connectivity index (χ0v) is 10.2. The van der Waals surface area contributed by atoms with Crippen molar-refractivity contribution in [2.45, 2.75) is 6.61 Å². The van der Waals surface area contributed by atoms with Gasteiger partial charge >= 0.3 is 0 Å². The lowest BCUT2D eigenvalue weighted by atomic mass is 10.2. The number of hydrogen-bond acceptors (Lipinski definition) is 5. The molecule has 94 valence electrons. The molecule has 0 saturated heterocycles. The van der Waals surface area contributed by atoms with Crippen molar-refractivity contribution in [1.29, 1.82) is 0 Å². The van der Waals surface area contributed by atoms with Gasteiger partial charge in [-0.15, -0.1) is 0 Å². The number of hydrogen-bond donors (Lipinski definition) is 1. The molecule has 0 atom stereocenters. The number of nitrogen functional groups attached to an aromatic ring is 1. The number of aromatic nitrogens is 3. The Hall–Kier alpha value is -2.69. The number of nitrogens with zero attached hydrogens (tertiary/aromatic N) is 3. The third-order valence-electron chi connectivity index (χ3n) is 2.69. The summed E-state index contributed by atoms with van der Waals surface area (Å²) in [6.45, 7) is 0.373. The molecule has 0 spiro atoms. The Kier molecular flexibility index (Phi) is 2.94. The highest BCUT2D eigenvalue weighted by molar-refractivity contribution is 5.78. The fourth-order valence-corrected chi connectivity index (χ4v) is 1.75. The van der Waals surface area contributed by atoms with Crippen LogP contribution in [0.25, 0.3) is 10.9 Å². The van der Waals surface area contributed by atoms with Gasteiger partial charge in [0.05, 0.1) is 23.6 Å². The average molecular weight is 252 g/mol. The van der Waals surface area contributed by atoms with Crippen LogP contribution in [0, 0.1) is 0 Å². The summed E-state index contributed by atoms with van der Waals surface area (Å²) in [6, 6.07) is 11.9.